The highest BCUT2D eigenvalue weighted by molar-refractivity contribution is 7.92. The van der Waals surface area contributed by atoms with Crippen molar-refractivity contribution < 1.29 is 22.3 Å². The number of fused-ring (bicyclic) bond motifs is 1. The molecule has 1 aliphatic carbocycles. The fourth-order valence-electron chi connectivity index (χ4n) is 6.09. The fourth-order valence-corrected chi connectivity index (χ4v) is 7.91. The third-order valence-electron chi connectivity index (χ3n) is 8.27. The number of rotatable bonds is 5. The van der Waals surface area contributed by atoms with Crippen molar-refractivity contribution in [2.75, 3.05) is 22.7 Å². The lowest BCUT2D eigenvalue weighted by Gasteiger charge is -2.42. The van der Waals surface area contributed by atoms with Crippen LogP contribution in [0.15, 0.2) is 59.8 Å². The van der Waals surface area contributed by atoms with Crippen molar-refractivity contribution in [3.05, 3.63) is 76.5 Å². The second-order valence-electron chi connectivity index (χ2n) is 10.4. The van der Waals surface area contributed by atoms with E-state index in [0.717, 1.165) is 63.0 Å². The number of hydrogen-bond acceptors (Lipinski definition) is 5. The SMILES string of the molecule is O=S(=O)(Nc1ccc(F)c(-n2cnc3c(N4CCC5(CCCC5O)CC4)cccc32)c1F)c1cccc(Cl)c1Cl. The van der Waals surface area contributed by atoms with Crippen LogP contribution in [-0.2, 0) is 10.0 Å². The normalized spacial score (nSPS) is 19.0. The van der Waals surface area contributed by atoms with E-state index in [1.54, 1.807) is 12.1 Å². The highest BCUT2D eigenvalue weighted by atomic mass is 35.5. The molecule has 2 heterocycles. The Balaban J connectivity index is 1.34. The number of nitrogens with one attached hydrogen (secondary N) is 1. The molecule has 0 radical (unpaired) electrons. The van der Waals surface area contributed by atoms with E-state index >= 15 is 8.78 Å². The monoisotopic (exact) mass is 606 g/mol. The van der Waals surface area contributed by atoms with Gasteiger partial charge >= 0.3 is 0 Å². The zero-order valence-corrected chi connectivity index (χ0v) is 23.6. The molecule has 7 nitrogen and oxygen atoms in total. The average molecular weight is 608 g/mol. The maximum absolute atomic E-state index is 15.8. The van der Waals surface area contributed by atoms with Gasteiger partial charge in [0.25, 0.3) is 10.0 Å². The van der Waals surface area contributed by atoms with Gasteiger partial charge in [0, 0.05) is 13.1 Å². The molecule has 210 valence electrons. The van der Waals surface area contributed by atoms with E-state index in [2.05, 4.69) is 14.6 Å². The van der Waals surface area contributed by atoms with Crippen LogP contribution in [0, 0.1) is 17.0 Å². The lowest BCUT2D eigenvalue weighted by atomic mass is 9.75. The zero-order chi connectivity index (χ0) is 28.2. The molecule has 12 heteroatoms. The van der Waals surface area contributed by atoms with E-state index in [4.69, 9.17) is 23.2 Å². The van der Waals surface area contributed by atoms with Crippen LogP contribution in [0.3, 0.4) is 0 Å². The van der Waals surface area contributed by atoms with Gasteiger partial charge in [-0.2, -0.15) is 0 Å². The first kappa shape index (κ1) is 27.3. The van der Waals surface area contributed by atoms with E-state index in [0.29, 0.717) is 11.0 Å². The largest absolute Gasteiger partial charge is 0.393 e. The van der Waals surface area contributed by atoms with E-state index < -0.39 is 33.0 Å². The highest BCUT2D eigenvalue weighted by Crippen LogP contribution is 2.47. The number of sulfonamides is 1. The van der Waals surface area contributed by atoms with Gasteiger partial charge in [0.05, 0.1) is 33.0 Å². The van der Waals surface area contributed by atoms with E-state index in [1.165, 1.54) is 29.1 Å². The van der Waals surface area contributed by atoms with Crippen LogP contribution in [0.4, 0.5) is 20.2 Å². The number of aromatic nitrogens is 2. The fraction of sp³-hybridized carbons (Fsp3) is 0.321. The van der Waals surface area contributed by atoms with Gasteiger partial charge in [-0.1, -0.05) is 41.8 Å². The summed E-state index contributed by atoms with van der Waals surface area (Å²) in [6, 6.07) is 11.5. The Morgan fingerprint density at radius 3 is 2.50 bits per heavy atom. The summed E-state index contributed by atoms with van der Waals surface area (Å²) in [5.74, 6) is -2.00. The summed E-state index contributed by atoms with van der Waals surface area (Å²) in [5, 5.41) is 10.3. The second kappa shape index (κ2) is 10.2. The number of hydrogen-bond donors (Lipinski definition) is 2. The number of aliphatic hydroxyl groups excluding tert-OH is 1. The first-order chi connectivity index (χ1) is 19.1. The number of anilines is 2. The van der Waals surface area contributed by atoms with Crippen LogP contribution in [0.1, 0.15) is 32.1 Å². The van der Waals surface area contributed by atoms with E-state index in [-0.39, 0.29) is 26.5 Å². The minimum Gasteiger partial charge on any atom is -0.393 e. The Kier molecular flexibility index (Phi) is 6.93. The number of benzene rings is 3. The topological polar surface area (TPSA) is 87.5 Å². The summed E-state index contributed by atoms with van der Waals surface area (Å²) in [6.45, 7) is 1.49. The van der Waals surface area contributed by atoms with Crippen molar-refractivity contribution in [3.63, 3.8) is 0 Å². The Hall–Kier alpha value is -2.92. The van der Waals surface area contributed by atoms with E-state index in [9.17, 15) is 13.5 Å². The molecule has 2 N–H and O–H groups in total. The molecule has 2 fully saturated rings. The number of para-hydroxylation sites is 1. The Morgan fingerprint density at radius 2 is 1.77 bits per heavy atom. The molecule has 2 aliphatic rings. The highest BCUT2D eigenvalue weighted by Gasteiger charge is 2.44. The Bertz CT molecular complexity index is 1720. The summed E-state index contributed by atoms with van der Waals surface area (Å²) >= 11 is 12.0. The van der Waals surface area contributed by atoms with Crippen molar-refractivity contribution in [1.82, 2.24) is 9.55 Å². The minimum atomic E-state index is -4.34. The molecule has 1 saturated heterocycles. The van der Waals surface area contributed by atoms with Gasteiger partial charge in [0.2, 0.25) is 0 Å². The molecule has 1 aliphatic heterocycles. The number of piperidine rings is 1. The predicted molar refractivity (Wildman–Crippen MR) is 152 cm³/mol. The summed E-state index contributed by atoms with van der Waals surface area (Å²) in [5.41, 5.74) is 0.923. The smallest absolute Gasteiger partial charge is 0.263 e. The summed E-state index contributed by atoms with van der Waals surface area (Å²) in [4.78, 5) is 6.36. The average Bonchev–Trinajstić information content (AvgIpc) is 3.51. The van der Waals surface area contributed by atoms with Crippen molar-refractivity contribution in [2.45, 2.75) is 43.1 Å². The van der Waals surface area contributed by atoms with Crippen molar-refractivity contribution in [3.8, 4) is 5.69 Å². The van der Waals surface area contributed by atoms with Gasteiger partial charge in [-0.15, -0.1) is 0 Å². The van der Waals surface area contributed by atoms with Crippen LogP contribution < -0.4 is 9.62 Å². The van der Waals surface area contributed by atoms with Gasteiger partial charge in [0.1, 0.15) is 28.2 Å². The molecule has 6 rings (SSSR count). The summed E-state index contributed by atoms with van der Waals surface area (Å²) in [6.07, 6.45) is 5.71. The Labute approximate surface area is 240 Å². The molecule has 1 spiro atoms. The molecule has 1 saturated carbocycles. The van der Waals surface area contributed by atoms with Crippen LogP contribution in [0.25, 0.3) is 16.7 Å². The first-order valence-electron chi connectivity index (χ1n) is 13.0. The molecule has 4 aromatic rings. The van der Waals surface area contributed by atoms with Gasteiger partial charge in [0.15, 0.2) is 5.82 Å². The maximum Gasteiger partial charge on any atom is 0.263 e. The minimum absolute atomic E-state index is 0.0220. The number of nitrogens with zero attached hydrogens (tertiary/aromatic N) is 3. The van der Waals surface area contributed by atoms with Crippen LogP contribution in [-0.4, -0.2) is 42.3 Å². The molecular formula is C28H26Cl2F2N4O3S. The third-order valence-corrected chi connectivity index (χ3v) is 10.6. The molecule has 3 aromatic carbocycles. The molecule has 1 unspecified atom stereocenters. The van der Waals surface area contributed by atoms with Gasteiger partial charge in [-0.05, 0) is 67.5 Å². The van der Waals surface area contributed by atoms with Gasteiger partial charge in [-0.25, -0.2) is 22.2 Å². The molecule has 0 bridgehead atoms. The number of aliphatic hydroxyl groups is 1. The molecular weight excluding hydrogens is 581 g/mol. The molecule has 0 amide bonds. The lowest BCUT2D eigenvalue weighted by molar-refractivity contribution is 0.0334. The molecule has 1 atom stereocenters. The van der Waals surface area contributed by atoms with E-state index in [1.807, 2.05) is 6.07 Å². The van der Waals surface area contributed by atoms with Crippen LogP contribution in [0.5, 0.6) is 0 Å². The quantitative estimate of drug-likeness (QED) is 0.269. The van der Waals surface area contributed by atoms with Crippen molar-refractivity contribution in [2.24, 2.45) is 5.41 Å². The third kappa shape index (κ3) is 4.51. The molecule has 40 heavy (non-hydrogen) atoms. The first-order valence-corrected chi connectivity index (χ1v) is 15.2. The Morgan fingerprint density at radius 1 is 1.02 bits per heavy atom. The standard InChI is InChI=1S/C28H26Cl2F2N4O3S/c29-17-4-1-7-22(24(17)30)40(38,39)34-19-10-9-18(31)27(25(19)32)36-16-33-26-20(5-2-6-21(26)36)35-14-12-28(13-15-35)11-3-8-23(28)37/h1-2,4-7,9-10,16,23,34,37H,3,8,11-15H2. The van der Waals surface area contributed by atoms with Gasteiger partial charge in [-0.3, -0.25) is 9.29 Å². The van der Waals surface area contributed by atoms with Crippen LogP contribution >= 0.6 is 23.2 Å². The van der Waals surface area contributed by atoms with Crippen molar-refractivity contribution >= 4 is 55.6 Å². The summed E-state index contributed by atoms with van der Waals surface area (Å²) < 4.78 is 60.4. The zero-order valence-electron chi connectivity index (χ0n) is 21.2. The number of imidazole rings is 1. The second-order valence-corrected chi connectivity index (χ2v) is 12.9. The predicted octanol–water partition coefficient (Wildman–Crippen LogP) is 6.54. The maximum atomic E-state index is 15.8. The van der Waals surface area contributed by atoms with Gasteiger partial charge < -0.3 is 10.0 Å². The number of halogens is 4. The molecule has 1 aromatic heterocycles. The van der Waals surface area contributed by atoms with Crippen LogP contribution in [0.2, 0.25) is 10.0 Å². The summed E-state index contributed by atoms with van der Waals surface area (Å²) in [7, 11) is -4.34. The van der Waals surface area contributed by atoms with Crippen molar-refractivity contribution in [1.29, 1.82) is 0 Å². The lowest BCUT2D eigenvalue weighted by Crippen LogP contribution is -2.43.